The molecule has 0 atom stereocenters. The van der Waals surface area contributed by atoms with Gasteiger partial charge in [-0.25, -0.2) is 19.3 Å². The van der Waals surface area contributed by atoms with E-state index >= 15 is 0 Å². The van der Waals surface area contributed by atoms with Gasteiger partial charge in [-0.3, -0.25) is 4.79 Å². The monoisotopic (exact) mass is 546 g/mol. The van der Waals surface area contributed by atoms with Gasteiger partial charge in [-0.2, -0.15) is 18.4 Å². The van der Waals surface area contributed by atoms with E-state index in [9.17, 15) is 22.4 Å². The summed E-state index contributed by atoms with van der Waals surface area (Å²) in [6.45, 7) is 0. The standard InChI is InChI=1S/C28H18F4N6O2/c1-40-27-22(28(30,31)32)11-21(14-36-27)37-25(39)10-16-3-2-15(8-23(16)29)19-6-18-9-24(38-26(18)35-13-19)17-4-5-34-20(7-17)12-33/h2-9,11,13-14H,10H2,1H3,(H,35,38)(H,37,39). The molecule has 4 aromatic heterocycles. The number of carbonyl (C=O) groups excluding carboxylic acids is 1. The molecule has 200 valence electrons. The van der Waals surface area contributed by atoms with E-state index in [1.807, 2.05) is 18.2 Å². The number of nitrogens with zero attached hydrogens (tertiary/aromatic N) is 4. The first-order valence-electron chi connectivity index (χ1n) is 11.7. The number of benzene rings is 1. The summed E-state index contributed by atoms with van der Waals surface area (Å²) >= 11 is 0. The fraction of sp³-hybridized carbons (Fsp3) is 0.107. The number of hydrogen-bond acceptors (Lipinski definition) is 6. The van der Waals surface area contributed by atoms with Crippen molar-refractivity contribution in [2.45, 2.75) is 12.6 Å². The van der Waals surface area contributed by atoms with Crippen molar-refractivity contribution < 1.29 is 27.1 Å². The number of methoxy groups -OCH3 is 1. The average molecular weight is 546 g/mol. The molecule has 0 radical (unpaired) electrons. The molecule has 8 nitrogen and oxygen atoms in total. The number of H-pyrrole nitrogens is 1. The maximum Gasteiger partial charge on any atom is 0.421 e. The summed E-state index contributed by atoms with van der Waals surface area (Å²) in [4.78, 5) is 27.6. The van der Waals surface area contributed by atoms with Crippen LogP contribution in [0.1, 0.15) is 16.8 Å². The van der Waals surface area contributed by atoms with Crippen LogP contribution in [0, 0.1) is 17.1 Å². The molecule has 0 saturated heterocycles. The van der Waals surface area contributed by atoms with Crippen LogP contribution in [0.3, 0.4) is 0 Å². The molecule has 5 rings (SSSR count). The lowest BCUT2D eigenvalue weighted by Crippen LogP contribution is -2.17. The molecule has 5 aromatic rings. The molecule has 1 aromatic carbocycles. The molecule has 0 aliphatic heterocycles. The van der Waals surface area contributed by atoms with Crippen molar-refractivity contribution in [3.05, 3.63) is 89.8 Å². The SMILES string of the molecule is COc1ncc(NC(=O)Cc2ccc(-c3cnc4[nH]c(-c5ccnc(C#N)c5)cc4c3)cc2F)cc1C(F)(F)F. The third-order valence-electron chi connectivity index (χ3n) is 6.03. The van der Waals surface area contributed by atoms with Crippen LogP contribution < -0.4 is 10.1 Å². The Morgan fingerprint density at radius 2 is 1.85 bits per heavy atom. The molecule has 0 unspecified atom stereocenters. The minimum Gasteiger partial charge on any atom is -0.481 e. The first kappa shape index (κ1) is 26.3. The Morgan fingerprint density at radius 3 is 2.58 bits per heavy atom. The second-order valence-electron chi connectivity index (χ2n) is 8.70. The smallest absolute Gasteiger partial charge is 0.421 e. The number of halogens is 4. The van der Waals surface area contributed by atoms with Crippen molar-refractivity contribution in [3.63, 3.8) is 0 Å². The summed E-state index contributed by atoms with van der Waals surface area (Å²) in [5.41, 5.74) is 2.24. The van der Waals surface area contributed by atoms with Crippen LogP contribution in [0.25, 0.3) is 33.4 Å². The number of nitriles is 1. The van der Waals surface area contributed by atoms with E-state index in [-0.39, 0.29) is 16.9 Å². The molecule has 0 aliphatic rings. The zero-order valence-electron chi connectivity index (χ0n) is 20.7. The summed E-state index contributed by atoms with van der Waals surface area (Å²) in [6.07, 6.45) is -1.00. The van der Waals surface area contributed by atoms with E-state index in [0.29, 0.717) is 22.8 Å². The Labute approximate surface area is 224 Å². The normalized spacial score (nSPS) is 11.3. The van der Waals surface area contributed by atoms with Crippen LogP contribution in [0.2, 0.25) is 0 Å². The van der Waals surface area contributed by atoms with E-state index in [1.54, 1.807) is 24.4 Å². The Balaban J connectivity index is 1.33. The first-order chi connectivity index (χ1) is 19.1. The number of alkyl halides is 3. The minimum atomic E-state index is -4.74. The number of pyridine rings is 3. The van der Waals surface area contributed by atoms with Gasteiger partial charge in [-0.15, -0.1) is 0 Å². The molecule has 0 saturated carbocycles. The molecule has 1 amide bonds. The van der Waals surface area contributed by atoms with E-state index < -0.39 is 35.8 Å². The van der Waals surface area contributed by atoms with Gasteiger partial charge in [0.05, 0.1) is 25.4 Å². The summed E-state index contributed by atoms with van der Waals surface area (Å²) in [7, 11) is 1.06. The number of rotatable bonds is 6. The number of aromatic nitrogens is 4. The third kappa shape index (κ3) is 5.44. The molecule has 0 fully saturated rings. The fourth-order valence-corrected chi connectivity index (χ4v) is 4.12. The molecule has 0 bridgehead atoms. The van der Waals surface area contributed by atoms with Gasteiger partial charge in [0.2, 0.25) is 11.8 Å². The zero-order valence-corrected chi connectivity index (χ0v) is 20.7. The Bertz CT molecular complexity index is 1790. The van der Waals surface area contributed by atoms with Crippen LogP contribution in [-0.4, -0.2) is 33.0 Å². The Hall–Kier alpha value is -5.31. The van der Waals surface area contributed by atoms with Crippen LogP contribution in [-0.2, 0) is 17.4 Å². The number of hydrogen-bond donors (Lipinski definition) is 2. The highest BCUT2D eigenvalue weighted by Crippen LogP contribution is 2.36. The second kappa shape index (κ2) is 10.5. The van der Waals surface area contributed by atoms with E-state index in [1.165, 1.54) is 18.3 Å². The van der Waals surface area contributed by atoms with Crippen molar-refractivity contribution >= 4 is 22.6 Å². The predicted octanol–water partition coefficient (Wildman–Crippen LogP) is 5.91. The second-order valence-corrected chi connectivity index (χ2v) is 8.70. The lowest BCUT2D eigenvalue weighted by Gasteiger charge is -2.13. The highest BCUT2D eigenvalue weighted by atomic mass is 19.4. The van der Waals surface area contributed by atoms with Crippen LogP contribution in [0.5, 0.6) is 5.88 Å². The lowest BCUT2D eigenvalue weighted by molar-refractivity contribution is -0.139. The number of anilines is 1. The zero-order chi connectivity index (χ0) is 28.4. The first-order valence-corrected chi connectivity index (χ1v) is 11.7. The summed E-state index contributed by atoms with van der Waals surface area (Å²) < 4.78 is 59.2. The number of aromatic amines is 1. The number of ether oxygens (including phenoxy) is 1. The molecular weight excluding hydrogens is 528 g/mol. The highest BCUT2D eigenvalue weighted by molar-refractivity contribution is 5.92. The summed E-state index contributed by atoms with van der Waals surface area (Å²) in [6, 6.07) is 14.1. The molecule has 4 heterocycles. The number of amides is 1. The lowest BCUT2D eigenvalue weighted by atomic mass is 10.0. The average Bonchev–Trinajstić information content (AvgIpc) is 3.37. The molecule has 12 heteroatoms. The van der Waals surface area contributed by atoms with Gasteiger partial charge in [-0.1, -0.05) is 12.1 Å². The van der Waals surface area contributed by atoms with Gasteiger partial charge >= 0.3 is 6.18 Å². The summed E-state index contributed by atoms with van der Waals surface area (Å²) in [5, 5.41) is 12.2. The Morgan fingerprint density at radius 1 is 1.02 bits per heavy atom. The maximum atomic E-state index is 14.9. The largest absolute Gasteiger partial charge is 0.481 e. The van der Waals surface area contributed by atoms with Crippen molar-refractivity contribution in [2.75, 3.05) is 12.4 Å². The molecule has 2 N–H and O–H groups in total. The van der Waals surface area contributed by atoms with Gasteiger partial charge in [0.25, 0.3) is 0 Å². The quantitative estimate of drug-likeness (QED) is 0.256. The van der Waals surface area contributed by atoms with Crippen LogP contribution in [0.15, 0.2) is 67.1 Å². The number of fused-ring (bicyclic) bond motifs is 1. The third-order valence-corrected chi connectivity index (χ3v) is 6.03. The number of nitrogens with one attached hydrogen (secondary N) is 2. The Kier molecular flexibility index (Phi) is 6.87. The van der Waals surface area contributed by atoms with Crippen molar-refractivity contribution in [2.24, 2.45) is 0 Å². The van der Waals surface area contributed by atoms with Gasteiger partial charge in [0.15, 0.2) is 0 Å². The highest BCUT2D eigenvalue weighted by Gasteiger charge is 2.35. The van der Waals surface area contributed by atoms with Gasteiger partial charge in [0.1, 0.15) is 28.8 Å². The predicted molar refractivity (Wildman–Crippen MR) is 138 cm³/mol. The van der Waals surface area contributed by atoms with Crippen molar-refractivity contribution in [1.29, 1.82) is 5.26 Å². The van der Waals surface area contributed by atoms with E-state index in [2.05, 4.69) is 30.0 Å². The van der Waals surface area contributed by atoms with Crippen molar-refractivity contribution in [3.8, 4) is 34.3 Å². The van der Waals surface area contributed by atoms with E-state index in [0.717, 1.165) is 30.0 Å². The maximum absolute atomic E-state index is 14.9. The number of carbonyl (C=O) groups is 1. The van der Waals surface area contributed by atoms with Crippen LogP contribution >= 0.6 is 0 Å². The van der Waals surface area contributed by atoms with Gasteiger partial charge < -0.3 is 15.0 Å². The molecule has 0 spiro atoms. The summed E-state index contributed by atoms with van der Waals surface area (Å²) in [5.74, 6) is -2.00. The van der Waals surface area contributed by atoms with Crippen molar-refractivity contribution in [1.82, 2.24) is 19.9 Å². The topological polar surface area (TPSA) is 117 Å². The van der Waals surface area contributed by atoms with Gasteiger partial charge in [-0.05, 0) is 47.5 Å². The fourth-order valence-electron chi connectivity index (χ4n) is 4.12. The van der Waals surface area contributed by atoms with Crippen LogP contribution in [0.4, 0.5) is 23.2 Å². The minimum absolute atomic E-state index is 0.0581. The molecule has 40 heavy (non-hydrogen) atoms. The molecule has 0 aliphatic carbocycles. The van der Waals surface area contributed by atoms with E-state index in [4.69, 9.17) is 5.26 Å². The van der Waals surface area contributed by atoms with Gasteiger partial charge in [0, 0.05) is 34.6 Å². The molecular formula is C28H18F4N6O2.